The van der Waals surface area contributed by atoms with Gasteiger partial charge in [0.25, 0.3) is 0 Å². The van der Waals surface area contributed by atoms with Crippen LogP contribution in [0.3, 0.4) is 0 Å². The van der Waals surface area contributed by atoms with E-state index in [0.29, 0.717) is 24.0 Å². The van der Waals surface area contributed by atoms with Gasteiger partial charge in [0.2, 0.25) is 0 Å². The summed E-state index contributed by atoms with van der Waals surface area (Å²) in [4.78, 5) is 0. The van der Waals surface area contributed by atoms with Crippen LogP contribution < -0.4 is 4.74 Å². The molecule has 5 heteroatoms. The average Bonchev–Trinajstić information content (AvgIpc) is 2.89. The number of benzene rings is 1. The number of aliphatic hydroxyl groups is 1. The van der Waals surface area contributed by atoms with Crippen LogP contribution in [-0.4, -0.2) is 36.6 Å². The lowest BCUT2D eigenvalue weighted by Gasteiger charge is -2.37. The lowest BCUT2D eigenvalue weighted by atomic mass is 9.91. The molecule has 0 radical (unpaired) electrons. The van der Waals surface area contributed by atoms with Crippen molar-refractivity contribution in [2.75, 3.05) is 19.8 Å². The fourth-order valence-electron chi connectivity index (χ4n) is 2.92. The molecule has 2 saturated heterocycles. The van der Waals surface area contributed by atoms with Crippen LogP contribution in [0.1, 0.15) is 24.8 Å². The first kappa shape index (κ1) is 14.1. The molecule has 1 N–H and O–H groups in total. The van der Waals surface area contributed by atoms with Crippen LogP contribution in [-0.2, 0) is 16.1 Å². The van der Waals surface area contributed by atoms with Gasteiger partial charge in [0, 0.05) is 31.4 Å². The van der Waals surface area contributed by atoms with E-state index in [2.05, 4.69) is 0 Å². The first-order chi connectivity index (χ1) is 9.72. The van der Waals surface area contributed by atoms with Gasteiger partial charge in [0.1, 0.15) is 11.9 Å². The maximum Gasteiger partial charge on any atom is 0.143 e. The van der Waals surface area contributed by atoms with Crippen LogP contribution in [0.2, 0.25) is 5.02 Å². The molecule has 2 aliphatic heterocycles. The molecule has 0 aliphatic carbocycles. The van der Waals surface area contributed by atoms with E-state index in [1.807, 2.05) is 12.1 Å². The van der Waals surface area contributed by atoms with Gasteiger partial charge < -0.3 is 19.3 Å². The second-order valence-electron chi connectivity index (χ2n) is 5.45. The third-order valence-electron chi connectivity index (χ3n) is 4.02. The zero-order valence-electron chi connectivity index (χ0n) is 11.3. The lowest BCUT2D eigenvalue weighted by Crippen LogP contribution is -2.44. The van der Waals surface area contributed by atoms with Gasteiger partial charge in [-0.25, -0.2) is 0 Å². The summed E-state index contributed by atoms with van der Waals surface area (Å²) in [5.41, 5.74) is 0.532. The molecule has 0 saturated carbocycles. The van der Waals surface area contributed by atoms with Crippen molar-refractivity contribution in [1.29, 1.82) is 0 Å². The van der Waals surface area contributed by atoms with Crippen molar-refractivity contribution in [1.82, 2.24) is 0 Å². The summed E-state index contributed by atoms with van der Waals surface area (Å²) in [5.74, 6) is 0.595. The van der Waals surface area contributed by atoms with Gasteiger partial charge in [-0.3, -0.25) is 0 Å². The first-order valence-corrected chi connectivity index (χ1v) is 7.37. The minimum Gasteiger partial charge on any atom is -0.488 e. The predicted molar refractivity (Wildman–Crippen MR) is 75.1 cm³/mol. The molecule has 2 aliphatic rings. The summed E-state index contributed by atoms with van der Waals surface area (Å²) in [6.45, 7) is 1.99. The Kier molecular flexibility index (Phi) is 4.17. The van der Waals surface area contributed by atoms with Gasteiger partial charge in [-0.15, -0.1) is 0 Å². The smallest absolute Gasteiger partial charge is 0.143 e. The van der Waals surface area contributed by atoms with Crippen LogP contribution in [0, 0.1) is 0 Å². The molecule has 2 unspecified atom stereocenters. The van der Waals surface area contributed by atoms with E-state index in [0.717, 1.165) is 31.4 Å². The Balaban J connectivity index is 1.74. The number of aliphatic hydroxyl groups excluding tert-OH is 1. The number of para-hydroxylation sites is 1. The Labute approximate surface area is 123 Å². The van der Waals surface area contributed by atoms with Gasteiger partial charge in [-0.1, -0.05) is 23.7 Å². The molecule has 0 amide bonds. The molecular weight excluding hydrogens is 280 g/mol. The Morgan fingerprint density at radius 3 is 3.05 bits per heavy atom. The maximum absolute atomic E-state index is 9.39. The van der Waals surface area contributed by atoms with E-state index in [4.69, 9.17) is 25.8 Å². The van der Waals surface area contributed by atoms with Crippen molar-refractivity contribution < 1.29 is 19.3 Å². The molecule has 1 aromatic carbocycles. The number of halogens is 1. The highest BCUT2D eigenvalue weighted by Gasteiger charge is 2.42. The van der Waals surface area contributed by atoms with E-state index >= 15 is 0 Å². The Morgan fingerprint density at radius 1 is 1.40 bits per heavy atom. The van der Waals surface area contributed by atoms with Crippen LogP contribution in [0.25, 0.3) is 0 Å². The molecule has 2 fully saturated rings. The Hall–Kier alpha value is -0.810. The molecule has 2 atom stereocenters. The van der Waals surface area contributed by atoms with Gasteiger partial charge in [-0.2, -0.15) is 0 Å². The Morgan fingerprint density at radius 2 is 2.30 bits per heavy atom. The van der Waals surface area contributed by atoms with Crippen molar-refractivity contribution >= 4 is 11.6 Å². The second-order valence-corrected chi connectivity index (χ2v) is 5.86. The van der Waals surface area contributed by atoms with Gasteiger partial charge in [-0.05, 0) is 6.07 Å². The van der Waals surface area contributed by atoms with E-state index in [1.165, 1.54) is 0 Å². The zero-order valence-corrected chi connectivity index (χ0v) is 12.1. The molecule has 4 nitrogen and oxygen atoms in total. The van der Waals surface area contributed by atoms with Gasteiger partial charge in [0.05, 0.1) is 30.4 Å². The SMILES string of the molecule is OCc1cccc(Cl)c1OC1CCOC2(CCOC2)C1. The molecular formula is C15H19ClO4. The highest BCUT2D eigenvalue weighted by Crippen LogP contribution is 2.37. The summed E-state index contributed by atoms with van der Waals surface area (Å²) >= 11 is 6.19. The quantitative estimate of drug-likeness (QED) is 0.931. The van der Waals surface area contributed by atoms with Gasteiger partial charge >= 0.3 is 0 Å². The van der Waals surface area contributed by atoms with Crippen LogP contribution in [0.4, 0.5) is 0 Å². The van der Waals surface area contributed by atoms with Crippen LogP contribution in [0.5, 0.6) is 5.75 Å². The molecule has 20 heavy (non-hydrogen) atoms. The van der Waals surface area contributed by atoms with Crippen molar-refractivity contribution in [3.8, 4) is 5.75 Å². The van der Waals surface area contributed by atoms with Gasteiger partial charge in [0.15, 0.2) is 0 Å². The summed E-state index contributed by atoms with van der Waals surface area (Å²) in [6, 6.07) is 5.43. The van der Waals surface area contributed by atoms with E-state index in [-0.39, 0.29) is 18.3 Å². The first-order valence-electron chi connectivity index (χ1n) is 6.99. The third-order valence-corrected chi connectivity index (χ3v) is 4.32. The lowest BCUT2D eigenvalue weighted by molar-refractivity contribution is -0.112. The zero-order chi connectivity index (χ0) is 14.0. The molecule has 1 aromatic rings. The highest BCUT2D eigenvalue weighted by atomic mass is 35.5. The molecule has 0 aromatic heterocycles. The summed E-state index contributed by atoms with van der Waals surface area (Å²) in [5, 5.41) is 9.94. The predicted octanol–water partition coefficient (Wildman–Crippen LogP) is 2.55. The second kappa shape index (κ2) is 5.90. The topological polar surface area (TPSA) is 47.9 Å². The number of rotatable bonds is 3. The normalized spacial score (nSPS) is 29.8. The molecule has 1 spiro atoms. The minimum atomic E-state index is -0.191. The van der Waals surface area contributed by atoms with Crippen LogP contribution in [0.15, 0.2) is 18.2 Å². The number of ether oxygens (including phenoxy) is 3. The standard InChI is InChI=1S/C15H19ClO4/c16-13-3-1-2-11(9-17)14(13)20-12-4-6-19-15(8-12)5-7-18-10-15/h1-3,12,17H,4-10H2. The van der Waals surface area contributed by atoms with Crippen molar-refractivity contribution in [3.05, 3.63) is 28.8 Å². The molecule has 0 bridgehead atoms. The summed E-state index contributed by atoms with van der Waals surface area (Å²) < 4.78 is 17.4. The highest BCUT2D eigenvalue weighted by molar-refractivity contribution is 6.32. The van der Waals surface area contributed by atoms with Crippen molar-refractivity contribution in [3.63, 3.8) is 0 Å². The number of hydrogen-bond donors (Lipinski definition) is 1. The van der Waals surface area contributed by atoms with E-state index in [9.17, 15) is 5.11 Å². The summed E-state index contributed by atoms with van der Waals surface area (Å²) in [6.07, 6.45) is 2.61. The summed E-state index contributed by atoms with van der Waals surface area (Å²) in [7, 11) is 0. The fourth-order valence-corrected chi connectivity index (χ4v) is 3.16. The average molecular weight is 299 g/mol. The molecule has 3 rings (SSSR count). The Bertz CT molecular complexity index is 471. The fraction of sp³-hybridized carbons (Fsp3) is 0.600. The van der Waals surface area contributed by atoms with E-state index < -0.39 is 0 Å². The number of hydrogen-bond acceptors (Lipinski definition) is 4. The van der Waals surface area contributed by atoms with E-state index in [1.54, 1.807) is 6.07 Å². The van der Waals surface area contributed by atoms with Crippen LogP contribution >= 0.6 is 11.6 Å². The third kappa shape index (κ3) is 2.79. The molecule has 2 heterocycles. The molecule has 110 valence electrons. The van der Waals surface area contributed by atoms with Crippen molar-refractivity contribution in [2.24, 2.45) is 0 Å². The minimum absolute atomic E-state index is 0.0515. The van der Waals surface area contributed by atoms with Crippen molar-refractivity contribution in [2.45, 2.75) is 37.6 Å². The largest absolute Gasteiger partial charge is 0.488 e. The maximum atomic E-state index is 9.39. The monoisotopic (exact) mass is 298 g/mol.